The van der Waals surface area contributed by atoms with Gasteiger partial charge in [-0.15, -0.1) is 0 Å². The first-order valence-corrected chi connectivity index (χ1v) is 9.93. The number of ether oxygens (including phenoxy) is 1. The van der Waals surface area contributed by atoms with Gasteiger partial charge in [-0.25, -0.2) is 4.98 Å². The van der Waals surface area contributed by atoms with Crippen LogP contribution in [0.2, 0.25) is 0 Å². The van der Waals surface area contributed by atoms with Gasteiger partial charge >= 0.3 is 12.8 Å². The number of nitrogens with zero attached hydrogens (tertiary/aromatic N) is 5. The van der Waals surface area contributed by atoms with Crippen molar-refractivity contribution in [1.29, 1.82) is 0 Å². The Morgan fingerprint density at radius 3 is 2.61 bits per heavy atom. The van der Waals surface area contributed by atoms with Gasteiger partial charge in [-0.05, 0) is 37.5 Å². The van der Waals surface area contributed by atoms with Crippen molar-refractivity contribution in [1.82, 2.24) is 19.7 Å². The number of hydrogen-bond donors (Lipinski definition) is 0. The van der Waals surface area contributed by atoms with Crippen molar-refractivity contribution in [2.75, 3.05) is 4.90 Å². The fraction of sp³-hybridized carbons (Fsp3) is 0.333. The number of alkyl halides is 5. The van der Waals surface area contributed by atoms with Crippen LogP contribution in [0.15, 0.2) is 36.9 Å². The molecule has 33 heavy (non-hydrogen) atoms. The van der Waals surface area contributed by atoms with Crippen LogP contribution in [0.4, 0.5) is 27.6 Å². The lowest BCUT2D eigenvalue weighted by Gasteiger charge is -2.22. The molecule has 172 valence electrons. The van der Waals surface area contributed by atoms with Crippen molar-refractivity contribution in [3.05, 3.63) is 53.7 Å². The van der Waals surface area contributed by atoms with Crippen LogP contribution in [0, 0.1) is 6.92 Å². The topological polar surface area (TPSA) is 73.1 Å². The SMILES string of the molecule is Cc1cc(-c2cncc(OC(F)F)c2)nc2c1C(=O)N(c1cnn(CC(F)(F)F)c1)C21CC1. The number of halogens is 5. The summed E-state index contributed by atoms with van der Waals surface area (Å²) in [5.74, 6) is -0.489. The maximum absolute atomic E-state index is 13.3. The number of pyridine rings is 2. The number of aryl methyl sites for hydroxylation is 1. The van der Waals surface area contributed by atoms with Crippen LogP contribution in [0.1, 0.15) is 34.5 Å². The van der Waals surface area contributed by atoms with Crippen molar-refractivity contribution in [2.24, 2.45) is 0 Å². The molecule has 12 heteroatoms. The lowest BCUT2D eigenvalue weighted by molar-refractivity contribution is -0.142. The molecule has 1 amide bonds. The Kier molecular flexibility index (Phi) is 4.66. The van der Waals surface area contributed by atoms with Crippen molar-refractivity contribution >= 4 is 11.6 Å². The number of fused-ring (bicyclic) bond motifs is 2. The summed E-state index contributed by atoms with van der Waals surface area (Å²) in [6.07, 6.45) is 1.76. The third-order valence-corrected chi connectivity index (χ3v) is 5.68. The van der Waals surface area contributed by atoms with Gasteiger partial charge in [0.2, 0.25) is 0 Å². The summed E-state index contributed by atoms with van der Waals surface area (Å²) in [6.45, 7) is -2.54. The van der Waals surface area contributed by atoms with Crippen LogP contribution in [0.25, 0.3) is 11.3 Å². The molecule has 0 radical (unpaired) electrons. The predicted octanol–water partition coefficient (Wildman–Crippen LogP) is 4.46. The molecule has 1 saturated carbocycles. The van der Waals surface area contributed by atoms with E-state index in [1.54, 1.807) is 13.0 Å². The number of aromatic nitrogens is 4. The molecule has 3 aromatic rings. The first-order chi connectivity index (χ1) is 15.6. The van der Waals surface area contributed by atoms with E-state index < -0.39 is 24.9 Å². The predicted molar refractivity (Wildman–Crippen MR) is 105 cm³/mol. The molecule has 0 unspecified atom stereocenters. The normalized spacial score (nSPS) is 16.6. The number of carbonyl (C=O) groups is 1. The molecule has 0 aromatic carbocycles. The highest BCUT2D eigenvalue weighted by Crippen LogP contribution is 2.58. The van der Waals surface area contributed by atoms with Crippen LogP contribution in [-0.4, -0.2) is 38.4 Å². The molecule has 4 heterocycles. The fourth-order valence-electron chi connectivity index (χ4n) is 4.25. The smallest absolute Gasteiger partial charge is 0.408 e. The highest BCUT2D eigenvalue weighted by molar-refractivity contribution is 6.13. The molecule has 0 bridgehead atoms. The van der Waals surface area contributed by atoms with Crippen LogP contribution < -0.4 is 9.64 Å². The summed E-state index contributed by atoms with van der Waals surface area (Å²) in [4.78, 5) is 23.3. The van der Waals surface area contributed by atoms with E-state index in [-0.39, 0.29) is 17.3 Å². The zero-order chi connectivity index (χ0) is 23.5. The van der Waals surface area contributed by atoms with E-state index in [1.165, 1.54) is 29.6 Å². The molecule has 1 fully saturated rings. The van der Waals surface area contributed by atoms with E-state index in [2.05, 4.69) is 19.8 Å². The van der Waals surface area contributed by atoms with Crippen molar-refractivity contribution < 1.29 is 31.5 Å². The van der Waals surface area contributed by atoms with Crippen LogP contribution >= 0.6 is 0 Å². The van der Waals surface area contributed by atoms with Gasteiger partial charge in [0.25, 0.3) is 5.91 Å². The van der Waals surface area contributed by atoms with Gasteiger partial charge in [0.05, 0.1) is 40.6 Å². The number of carbonyl (C=O) groups excluding carboxylic acids is 1. The first-order valence-electron chi connectivity index (χ1n) is 9.93. The molecular formula is C21H16F5N5O2. The molecule has 7 nitrogen and oxygen atoms in total. The summed E-state index contributed by atoms with van der Waals surface area (Å²) < 4.78 is 68.5. The minimum atomic E-state index is -4.44. The van der Waals surface area contributed by atoms with E-state index >= 15 is 0 Å². The second-order valence-corrected chi connectivity index (χ2v) is 8.02. The zero-order valence-electron chi connectivity index (χ0n) is 17.1. The summed E-state index contributed by atoms with van der Waals surface area (Å²) >= 11 is 0. The second kappa shape index (κ2) is 7.22. The first kappa shape index (κ1) is 21.3. The van der Waals surface area contributed by atoms with E-state index in [4.69, 9.17) is 0 Å². The van der Waals surface area contributed by atoms with Gasteiger partial charge < -0.3 is 4.74 Å². The summed E-state index contributed by atoms with van der Waals surface area (Å²) in [6, 6.07) is 3.02. The summed E-state index contributed by atoms with van der Waals surface area (Å²) in [5, 5.41) is 3.76. The number of anilines is 1. The highest BCUT2D eigenvalue weighted by atomic mass is 19.4. The average Bonchev–Trinajstić information content (AvgIpc) is 3.31. The van der Waals surface area contributed by atoms with E-state index in [0.29, 0.717) is 40.9 Å². The number of amides is 1. The lowest BCUT2D eigenvalue weighted by Crippen LogP contribution is -2.33. The minimum Gasteiger partial charge on any atom is -0.433 e. The Morgan fingerprint density at radius 2 is 1.94 bits per heavy atom. The molecule has 1 aliphatic heterocycles. The third kappa shape index (κ3) is 3.68. The molecule has 3 aromatic heterocycles. The monoisotopic (exact) mass is 465 g/mol. The third-order valence-electron chi connectivity index (χ3n) is 5.68. The van der Waals surface area contributed by atoms with Gasteiger partial charge in [-0.1, -0.05) is 0 Å². The van der Waals surface area contributed by atoms with Gasteiger partial charge in [0, 0.05) is 18.0 Å². The maximum atomic E-state index is 13.3. The number of rotatable bonds is 5. The molecule has 0 atom stereocenters. The summed E-state index contributed by atoms with van der Waals surface area (Å²) in [7, 11) is 0. The molecular weight excluding hydrogens is 449 g/mol. The van der Waals surface area contributed by atoms with Gasteiger partial charge in [-0.3, -0.25) is 19.4 Å². The second-order valence-electron chi connectivity index (χ2n) is 8.02. The highest BCUT2D eigenvalue weighted by Gasteiger charge is 2.60. The standard InChI is InChI=1S/C21H16F5N5O2/c1-11-4-15(12-5-14(8-27-6-12)33-19(22)23)29-17-16(11)18(32)31(20(17)2-3-20)13-7-28-30(9-13)10-21(24,25)26/h4-9,19H,2-3,10H2,1H3. The van der Waals surface area contributed by atoms with Crippen molar-refractivity contribution in [3.8, 4) is 17.0 Å². The molecule has 0 N–H and O–H groups in total. The Bertz CT molecular complexity index is 1250. The van der Waals surface area contributed by atoms with E-state index in [9.17, 15) is 26.7 Å². The van der Waals surface area contributed by atoms with Crippen molar-refractivity contribution in [3.63, 3.8) is 0 Å². The Hall–Kier alpha value is -3.57. The molecule has 2 aliphatic rings. The van der Waals surface area contributed by atoms with Crippen LogP contribution in [0.3, 0.4) is 0 Å². The molecule has 5 rings (SSSR count). The van der Waals surface area contributed by atoms with E-state index in [0.717, 1.165) is 10.9 Å². The molecule has 1 spiro atoms. The van der Waals surface area contributed by atoms with E-state index in [1.807, 2.05) is 0 Å². The lowest BCUT2D eigenvalue weighted by atomic mass is 10.0. The Balaban J connectivity index is 1.53. The van der Waals surface area contributed by atoms with Crippen molar-refractivity contribution in [2.45, 2.75) is 44.6 Å². The zero-order valence-corrected chi connectivity index (χ0v) is 17.1. The van der Waals surface area contributed by atoms with Crippen LogP contribution in [-0.2, 0) is 12.1 Å². The van der Waals surface area contributed by atoms with Crippen LogP contribution in [0.5, 0.6) is 5.75 Å². The quantitative estimate of drug-likeness (QED) is 0.521. The van der Waals surface area contributed by atoms with Gasteiger partial charge in [0.1, 0.15) is 12.3 Å². The number of hydrogen-bond acceptors (Lipinski definition) is 5. The average molecular weight is 465 g/mol. The Labute approximate surface area is 183 Å². The fourth-order valence-corrected chi connectivity index (χ4v) is 4.25. The summed E-state index contributed by atoms with van der Waals surface area (Å²) in [5.41, 5.74) is 1.83. The minimum absolute atomic E-state index is 0.127. The maximum Gasteiger partial charge on any atom is 0.408 e. The molecule has 1 aliphatic carbocycles. The molecule has 0 saturated heterocycles. The Morgan fingerprint density at radius 1 is 1.18 bits per heavy atom. The largest absolute Gasteiger partial charge is 0.433 e. The van der Waals surface area contributed by atoms with Gasteiger partial charge in [-0.2, -0.15) is 27.1 Å². The van der Waals surface area contributed by atoms with Gasteiger partial charge in [0.15, 0.2) is 0 Å².